The van der Waals surface area contributed by atoms with Crippen molar-refractivity contribution >= 4 is 142 Å². The second-order valence-electron chi connectivity index (χ2n) is 27.5. The Bertz CT molecular complexity index is 5880. The third kappa shape index (κ3) is 24.4. The van der Waals surface area contributed by atoms with Crippen LogP contribution in [0, 0.1) is 6.92 Å². The van der Waals surface area contributed by atoms with Gasteiger partial charge in [0, 0.05) is 139 Å². The number of nitrogens with zero attached hydrogens (tertiary/aromatic N) is 8. The molecule has 0 unspecified atom stereocenters. The van der Waals surface area contributed by atoms with Gasteiger partial charge in [0.1, 0.15) is 0 Å². The van der Waals surface area contributed by atoms with Crippen molar-refractivity contribution in [2.75, 3.05) is 91.4 Å². The Hall–Kier alpha value is -11.8. The highest BCUT2D eigenvalue weighted by Gasteiger charge is 2.24. The lowest BCUT2D eigenvalue weighted by molar-refractivity contribution is -0.136. The van der Waals surface area contributed by atoms with Crippen molar-refractivity contribution in [1.82, 2.24) is 40.0 Å². The number of likely N-dealkylation sites (N-methyl/N-ethyl adjacent to an activating group) is 1. The number of hydrogen-bond donors (Lipinski definition) is 5. The molecule has 0 spiro atoms. The van der Waals surface area contributed by atoms with Gasteiger partial charge in [-0.25, -0.2) is 16.8 Å². The zero-order valence-electron chi connectivity index (χ0n) is 64.5. The van der Waals surface area contributed by atoms with Crippen LogP contribution >= 0.6 is 58.0 Å². The number of benzene rings is 8. The average Bonchev–Trinajstić information content (AvgIpc) is 0.813. The summed E-state index contributed by atoms with van der Waals surface area (Å²) < 4.78 is 47.3. The quantitative estimate of drug-likeness (QED) is 0.0474. The number of nitrogens with one attached hydrogen (secondary N) is 5. The van der Waals surface area contributed by atoms with Gasteiger partial charge < -0.3 is 36.4 Å². The highest BCUT2D eigenvalue weighted by atomic mass is 35.5. The molecule has 23 nitrogen and oxygen atoms in total. The monoisotopic (exact) mass is 1720 g/mol. The first-order valence-electron chi connectivity index (χ1n) is 36.7. The minimum Gasteiger partial charge on any atom is -0.336 e. The maximum Gasteiger partial charge on any atom is 0.257 e. The van der Waals surface area contributed by atoms with E-state index in [0.29, 0.717) is 133 Å². The van der Waals surface area contributed by atoms with E-state index in [1.165, 1.54) is 31.5 Å². The van der Waals surface area contributed by atoms with Crippen LogP contribution < -0.4 is 30.9 Å². The molecule has 6 heterocycles. The summed E-state index contributed by atoms with van der Waals surface area (Å²) in [6, 6.07) is 67.2. The molecule has 2 saturated heterocycles. The number of halogens is 5. The number of rotatable bonds is 20. The fraction of sp³-hybridized carbons (Fsp3) is 0.159. The fourth-order valence-electron chi connectivity index (χ4n) is 12.3. The largest absolute Gasteiger partial charge is 0.336 e. The molecule has 14 rings (SSSR count). The number of piperazine rings is 2. The Morgan fingerprint density at radius 3 is 1.17 bits per heavy atom. The summed E-state index contributed by atoms with van der Waals surface area (Å²) in [7, 11) is -3.21. The lowest BCUT2D eigenvalue weighted by Gasteiger charge is -2.32. The smallest absolute Gasteiger partial charge is 0.257 e. The highest BCUT2D eigenvalue weighted by Crippen LogP contribution is 2.35. The molecule has 6 amide bonds. The maximum atomic E-state index is 12.7. The molecule has 8 aromatic carbocycles. The van der Waals surface area contributed by atoms with Crippen LogP contribution in [0.2, 0.25) is 25.1 Å². The number of amides is 6. The van der Waals surface area contributed by atoms with Crippen molar-refractivity contribution in [3.63, 3.8) is 0 Å². The molecule has 604 valence electrons. The van der Waals surface area contributed by atoms with Crippen LogP contribution in [0.15, 0.2) is 255 Å². The molecular formula is C88H80Cl5N13O10S2. The summed E-state index contributed by atoms with van der Waals surface area (Å²) in [4.78, 5) is 97.7. The lowest BCUT2D eigenvalue weighted by Crippen LogP contribution is -2.48. The first-order valence-corrected chi connectivity index (χ1v) is 42.5. The molecule has 2 aliphatic rings. The van der Waals surface area contributed by atoms with E-state index in [4.69, 9.17) is 58.0 Å². The molecule has 0 aliphatic carbocycles. The molecule has 2 aliphatic heterocycles. The van der Waals surface area contributed by atoms with Gasteiger partial charge in [-0.15, -0.1) is 0 Å². The maximum absolute atomic E-state index is 12.7. The standard InChI is InChI=1S/C24H23ClN4O2.C23H21ClN4O2.C21H19ClN2O3S.C20H17Cl2N3O3S/c1-28-12-13-29(23(30)16-28)15-17-5-7-18(8-6-17)24(31)27-19-9-10-21(25)20(14-19)22-4-2-3-11-26-22;24-20-9-8-18(13-19(20)21-3-1-2-10-26-21)27-23(30)17-6-4-16(5-7-17)15-28-12-11-25-14-22(28)29;1-14-11-15(13-28(2,26)27)6-8-17(14)21(25)24-16-7-9-19(22)18(12-16)20-5-3-4-10-23-20;1-25(29(2,27)28)14-7-8-15(18(22)12-14)20(26)24-13-6-9-17(21)16(11-13)19-5-3-4-10-23-19/h2-11,14H,12-13,15-16H2,1H3,(H,27,31);1-10,13,25H,11-12,14-15H2,(H,27,30);3-12H,13H2,1-2H3,(H,24,25);3-12H,1-2H3,(H,24,26). The number of sulfonamides is 1. The van der Waals surface area contributed by atoms with Gasteiger partial charge in [0.05, 0.1) is 84.2 Å². The molecule has 0 saturated carbocycles. The van der Waals surface area contributed by atoms with Gasteiger partial charge in [-0.2, -0.15) is 0 Å². The molecule has 0 radical (unpaired) electrons. The van der Waals surface area contributed by atoms with Gasteiger partial charge >= 0.3 is 0 Å². The zero-order chi connectivity index (χ0) is 84.2. The molecule has 30 heteroatoms. The first kappa shape index (κ1) is 87.1. The molecule has 0 atom stereocenters. The van der Waals surface area contributed by atoms with Gasteiger partial charge in [0.25, 0.3) is 23.6 Å². The molecule has 5 N–H and O–H groups in total. The van der Waals surface area contributed by atoms with Gasteiger partial charge in [0.15, 0.2) is 9.84 Å². The molecule has 2 fully saturated rings. The SMILES string of the molecule is CN(c1ccc(C(=O)Nc2ccc(Cl)c(-c3ccccn3)c2)c(Cl)c1)S(C)(=O)=O.CN1CCN(Cc2ccc(C(=O)Nc3ccc(Cl)c(-c4ccccn4)c3)cc2)C(=O)C1.Cc1cc(CS(C)(=O)=O)ccc1C(=O)Nc1ccc(Cl)c(-c2ccccn2)c1.O=C(Nc1ccc(Cl)c(-c2ccccn2)c1)c1ccc(CN2CCNCC2=O)cc1. The van der Waals surface area contributed by atoms with Gasteiger partial charge in [-0.05, 0) is 206 Å². The highest BCUT2D eigenvalue weighted by molar-refractivity contribution is 7.92. The van der Waals surface area contributed by atoms with Gasteiger partial charge in [0.2, 0.25) is 21.8 Å². The van der Waals surface area contributed by atoms with Crippen LogP contribution in [-0.2, 0) is 48.3 Å². The number of aromatic nitrogens is 4. The number of carbonyl (C=O) groups is 6. The Labute approximate surface area is 709 Å². The van der Waals surface area contributed by atoms with Gasteiger partial charge in [-0.1, -0.05) is 119 Å². The van der Waals surface area contributed by atoms with Crippen molar-refractivity contribution in [1.29, 1.82) is 0 Å². The van der Waals surface area contributed by atoms with Crippen molar-refractivity contribution in [2.24, 2.45) is 0 Å². The molecule has 12 aromatic rings. The van der Waals surface area contributed by atoms with E-state index >= 15 is 0 Å². The van der Waals surface area contributed by atoms with Crippen molar-refractivity contribution in [2.45, 2.75) is 25.8 Å². The fourth-order valence-corrected chi connectivity index (χ4v) is 14.7. The molecular weight excluding hydrogens is 1640 g/mol. The van der Waals surface area contributed by atoms with Crippen LogP contribution in [-0.4, -0.2) is 153 Å². The predicted octanol–water partition coefficient (Wildman–Crippen LogP) is 16.7. The summed E-state index contributed by atoms with van der Waals surface area (Å²) in [5.41, 5.74) is 13.7. The number of anilines is 5. The first-order chi connectivity index (χ1) is 56.5. The Kier molecular flexibility index (Phi) is 29.8. The topological polar surface area (TPSA) is 295 Å². The third-order valence-corrected chi connectivity index (χ3v) is 22.3. The van der Waals surface area contributed by atoms with Crippen molar-refractivity contribution < 1.29 is 45.6 Å². The van der Waals surface area contributed by atoms with E-state index in [0.717, 1.165) is 62.9 Å². The number of pyridine rings is 4. The van der Waals surface area contributed by atoms with Crippen LogP contribution in [0.5, 0.6) is 0 Å². The average molecular weight is 1720 g/mol. The number of sulfone groups is 1. The second kappa shape index (κ2) is 40.4. The molecule has 4 aromatic heterocycles. The van der Waals surface area contributed by atoms with E-state index in [2.05, 4.69) is 46.5 Å². The van der Waals surface area contributed by atoms with Crippen LogP contribution in [0.25, 0.3) is 45.0 Å². The minimum atomic E-state index is -3.43. The van der Waals surface area contributed by atoms with E-state index in [1.54, 1.807) is 141 Å². The Morgan fingerprint density at radius 1 is 0.432 bits per heavy atom. The number of carbonyl (C=O) groups excluding carboxylic acids is 6. The third-order valence-electron chi connectivity index (χ3n) is 18.6. The van der Waals surface area contributed by atoms with Crippen molar-refractivity contribution in [3.05, 3.63) is 325 Å². The van der Waals surface area contributed by atoms with Crippen molar-refractivity contribution in [3.8, 4) is 45.0 Å². The Morgan fingerprint density at radius 2 is 0.814 bits per heavy atom. The number of hydrogen-bond acceptors (Lipinski definition) is 16. The van der Waals surface area contributed by atoms with E-state index in [-0.39, 0.29) is 45.9 Å². The van der Waals surface area contributed by atoms with Crippen LogP contribution in [0.1, 0.15) is 63.7 Å². The summed E-state index contributed by atoms with van der Waals surface area (Å²) in [5.74, 6) is -0.974. The summed E-state index contributed by atoms with van der Waals surface area (Å²) in [6.07, 6.45) is 9.01. The summed E-state index contributed by atoms with van der Waals surface area (Å²) in [6.45, 7) is 6.78. The summed E-state index contributed by atoms with van der Waals surface area (Å²) >= 11 is 31.4. The zero-order valence-corrected chi connectivity index (χ0v) is 69.9. The Balaban J connectivity index is 0.000000154. The normalized spacial score (nSPS) is 12.8. The molecule has 118 heavy (non-hydrogen) atoms. The van der Waals surface area contributed by atoms with E-state index < -0.39 is 25.8 Å². The van der Waals surface area contributed by atoms with Crippen LogP contribution in [0.4, 0.5) is 28.4 Å². The summed E-state index contributed by atoms with van der Waals surface area (Å²) in [5, 5.41) is 16.8. The van der Waals surface area contributed by atoms with Gasteiger partial charge in [-0.3, -0.25) is 57.9 Å². The minimum absolute atomic E-state index is 0.0552. The second-order valence-corrected chi connectivity index (χ2v) is 33.7. The van der Waals surface area contributed by atoms with E-state index in [1.807, 2.05) is 125 Å². The van der Waals surface area contributed by atoms with E-state index in [9.17, 15) is 45.6 Å². The lowest BCUT2D eigenvalue weighted by atomic mass is 10.0. The predicted molar refractivity (Wildman–Crippen MR) is 469 cm³/mol. The molecule has 0 bridgehead atoms. The van der Waals surface area contributed by atoms with Crippen LogP contribution in [0.3, 0.4) is 0 Å². The number of aryl methyl sites for hydroxylation is 1.